The van der Waals surface area contributed by atoms with E-state index in [2.05, 4.69) is 5.32 Å². The topological polar surface area (TPSA) is 102 Å². The number of methoxy groups -OCH3 is 1. The van der Waals surface area contributed by atoms with Crippen LogP contribution in [0.3, 0.4) is 0 Å². The Morgan fingerprint density at radius 2 is 2.04 bits per heavy atom. The average Bonchev–Trinajstić information content (AvgIpc) is 2.62. The van der Waals surface area contributed by atoms with Crippen molar-refractivity contribution in [3.63, 3.8) is 0 Å². The first-order chi connectivity index (χ1) is 11.9. The molecule has 3 atom stereocenters. The molecule has 2 aliphatic rings. The average molecular weight is 382 g/mol. The lowest BCUT2D eigenvalue weighted by Crippen LogP contribution is -2.69. The van der Waals surface area contributed by atoms with Crippen molar-refractivity contribution in [2.24, 2.45) is 5.73 Å². The van der Waals surface area contributed by atoms with Gasteiger partial charge >= 0.3 is 5.97 Å². The van der Waals surface area contributed by atoms with Crippen LogP contribution in [-0.4, -0.2) is 46.6 Å². The van der Waals surface area contributed by atoms with Crippen LogP contribution in [0.5, 0.6) is 0 Å². The highest BCUT2D eigenvalue weighted by atomic mass is 35.5. The van der Waals surface area contributed by atoms with Gasteiger partial charge in [0.15, 0.2) is 0 Å². The molecule has 3 N–H and O–H groups in total. The lowest BCUT2D eigenvalue weighted by atomic mass is 10.1. The third-order valence-corrected chi connectivity index (χ3v) is 5.87. The smallest absolute Gasteiger partial charge is 0.356 e. The SMILES string of the molecule is COC(=O)C1=C(Cl)C(NC(=O)Cc2ccccc2)S[C@@H]2C(N)C(=O)N12. The van der Waals surface area contributed by atoms with Crippen LogP contribution < -0.4 is 11.1 Å². The van der Waals surface area contributed by atoms with Crippen LogP contribution in [-0.2, 0) is 25.5 Å². The number of amides is 2. The molecule has 0 saturated carbocycles. The zero-order valence-corrected chi connectivity index (χ0v) is 14.8. The first-order valence-corrected chi connectivity index (χ1v) is 8.81. The summed E-state index contributed by atoms with van der Waals surface area (Å²) in [5.74, 6) is -1.39. The van der Waals surface area contributed by atoms with E-state index in [0.29, 0.717) is 0 Å². The molecule has 2 unspecified atom stereocenters. The Balaban J connectivity index is 1.80. The largest absolute Gasteiger partial charge is 0.464 e. The second-order valence-corrected chi connectivity index (χ2v) is 7.19. The summed E-state index contributed by atoms with van der Waals surface area (Å²) < 4.78 is 4.71. The molecular weight excluding hydrogens is 366 g/mol. The van der Waals surface area contributed by atoms with Crippen LogP contribution >= 0.6 is 23.4 Å². The number of esters is 1. The molecule has 7 nitrogen and oxygen atoms in total. The zero-order valence-electron chi connectivity index (χ0n) is 13.3. The molecule has 132 valence electrons. The van der Waals surface area contributed by atoms with Crippen LogP contribution in [0.4, 0.5) is 0 Å². The van der Waals surface area contributed by atoms with Crippen molar-refractivity contribution in [3.05, 3.63) is 46.6 Å². The summed E-state index contributed by atoms with van der Waals surface area (Å²) in [6.45, 7) is 0. The molecule has 1 fully saturated rings. The minimum Gasteiger partial charge on any atom is -0.464 e. The maximum Gasteiger partial charge on any atom is 0.356 e. The molecule has 0 radical (unpaired) electrons. The molecule has 1 aromatic rings. The number of carbonyl (C=O) groups is 3. The highest BCUT2D eigenvalue weighted by Crippen LogP contribution is 2.44. The van der Waals surface area contributed by atoms with Gasteiger partial charge in [-0.25, -0.2) is 4.79 Å². The standard InChI is InChI=1S/C16H16ClN3O4S/c1-24-16(23)12-10(17)13(25-15-11(18)14(22)20(12)15)19-9(21)7-8-5-3-2-4-6-8/h2-6,11,13,15H,7,18H2,1H3,(H,19,21)/t11?,13?,15-/m1/s1. The van der Waals surface area contributed by atoms with E-state index in [-0.39, 0.29) is 23.1 Å². The van der Waals surface area contributed by atoms with Gasteiger partial charge in [-0.15, -0.1) is 11.8 Å². The fourth-order valence-corrected chi connectivity index (χ4v) is 4.38. The van der Waals surface area contributed by atoms with Gasteiger partial charge in [0, 0.05) is 0 Å². The van der Waals surface area contributed by atoms with E-state index in [1.165, 1.54) is 23.8 Å². The Hall–Kier alpha value is -2.03. The Morgan fingerprint density at radius 3 is 2.68 bits per heavy atom. The van der Waals surface area contributed by atoms with Gasteiger partial charge < -0.3 is 15.8 Å². The number of benzene rings is 1. The third kappa shape index (κ3) is 3.24. The number of nitrogens with two attached hydrogens (primary N) is 1. The maximum atomic E-state index is 12.3. The summed E-state index contributed by atoms with van der Waals surface area (Å²) in [6, 6.07) is 8.49. The van der Waals surface area contributed by atoms with Gasteiger partial charge in [0.2, 0.25) is 11.8 Å². The Morgan fingerprint density at radius 1 is 1.36 bits per heavy atom. The molecule has 9 heteroatoms. The van der Waals surface area contributed by atoms with E-state index >= 15 is 0 Å². The van der Waals surface area contributed by atoms with Gasteiger partial charge in [0.1, 0.15) is 22.5 Å². The number of nitrogens with one attached hydrogen (secondary N) is 1. The number of β-lactam (4-membered cyclic amide) rings is 1. The van der Waals surface area contributed by atoms with Crippen LogP contribution in [0.25, 0.3) is 0 Å². The molecule has 0 aliphatic carbocycles. The van der Waals surface area contributed by atoms with E-state index in [1.54, 1.807) is 0 Å². The van der Waals surface area contributed by atoms with E-state index in [9.17, 15) is 14.4 Å². The fraction of sp³-hybridized carbons (Fsp3) is 0.312. The molecule has 0 spiro atoms. The highest BCUT2D eigenvalue weighted by Gasteiger charge is 2.54. The Kier molecular flexibility index (Phi) is 5.03. The van der Waals surface area contributed by atoms with Crippen LogP contribution in [0.1, 0.15) is 5.56 Å². The predicted octanol–water partition coefficient (Wildman–Crippen LogP) is 0.537. The number of fused-ring (bicyclic) bond motifs is 1. The Bertz CT molecular complexity index is 755. The minimum absolute atomic E-state index is 0.0507. The third-order valence-electron chi connectivity index (χ3n) is 3.94. The van der Waals surface area contributed by atoms with Crippen molar-refractivity contribution in [1.82, 2.24) is 10.2 Å². The molecule has 2 aliphatic heterocycles. The van der Waals surface area contributed by atoms with Crippen molar-refractivity contribution in [3.8, 4) is 0 Å². The Labute approximate surface area is 153 Å². The molecule has 2 heterocycles. The second kappa shape index (κ2) is 7.07. The number of thioether (sulfide) groups is 1. The van der Waals surface area contributed by atoms with Gasteiger partial charge in [-0.1, -0.05) is 41.9 Å². The van der Waals surface area contributed by atoms with E-state index < -0.39 is 28.7 Å². The number of carbonyl (C=O) groups excluding carboxylic acids is 3. The monoisotopic (exact) mass is 381 g/mol. The zero-order chi connectivity index (χ0) is 18.1. The summed E-state index contributed by atoms with van der Waals surface area (Å²) >= 11 is 7.51. The van der Waals surface area contributed by atoms with Crippen molar-refractivity contribution in [1.29, 1.82) is 0 Å². The molecule has 25 heavy (non-hydrogen) atoms. The minimum atomic E-state index is -0.747. The van der Waals surface area contributed by atoms with Gasteiger partial charge in [0.05, 0.1) is 18.6 Å². The second-order valence-electron chi connectivity index (χ2n) is 5.56. The number of ether oxygens (including phenoxy) is 1. The van der Waals surface area contributed by atoms with Crippen LogP contribution in [0, 0.1) is 0 Å². The van der Waals surface area contributed by atoms with Gasteiger partial charge in [-0.2, -0.15) is 0 Å². The van der Waals surface area contributed by atoms with Crippen LogP contribution in [0.15, 0.2) is 41.1 Å². The highest BCUT2D eigenvalue weighted by molar-refractivity contribution is 8.01. The summed E-state index contributed by atoms with van der Waals surface area (Å²) in [5.41, 5.74) is 6.59. The number of rotatable bonds is 4. The van der Waals surface area contributed by atoms with Crippen molar-refractivity contribution >= 4 is 41.1 Å². The molecule has 1 aromatic carbocycles. The molecular formula is C16H16ClN3O4S. The summed E-state index contributed by atoms with van der Waals surface area (Å²) in [7, 11) is 1.20. The quantitative estimate of drug-likeness (QED) is 0.583. The van der Waals surface area contributed by atoms with Crippen molar-refractivity contribution in [2.75, 3.05) is 7.11 Å². The summed E-state index contributed by atoms with van der Waals surface area (Å²) in [6.07, 6.45) is 0.176. The van der Waals surface area contributed by atoms with Gasteiger partial charge in [-0.3, -0.25) is 14.5 Å². The normalized spacial score (nSPS) is 25.2. The maximum absolute atomic E-state index is 12.3. The molecule has 0 aromatic heterocycles. The lowest BCUT2D eigenvalue weighted by molar-refractivity contribution is -0.149. The van der Waals surface area contributed by atoms with Crippen molar-refractivity contribution < 1.29 is 19.1 Å². The van der Waals surface area contributed by atoms with Crippen LogP contribution in [0.2, 0.25) is 0 Å². The molecule has 1 saturated heterocycles. The van der Waals surface area contributed by atoms with Crippen molar-refractivity contribution in [2.45, 2.75) is 23.2 Å². The van der Waals surface area contributed by atoms with Gasteiger partial charge in [0.25, 0.3) is 0 Å². The first kappa shape index (κ1) is 17.8. The number of hydrogen-bond donors (Lipinski definition) is 2. The molecule has 0 bridgehead atoms. The van der Waals surface area contributed by atoms with E-state index in [1.807, 2.05) is 30.3 Å². The van der Waals surface area contributed by atoms with Gasteiger partial charge in [-0.05, 0) is 5.56 Å². The molecule has 2 amide bonds. The number of halogens is 1. The molecule has 3 rings (SSSR count). The number of hydrogen-bond acceptors (Lipinski definition) is 6. The fourth-order valence-electron chi connectivity index (χ4n) is 2.68. The van der Waals surface area contributed by atoms with E-state index in [4.69, 9.17) is 22.1 Å². The summed E-state index contributed by atoms with van der Waals surface area (Å²) in [4.78, 5) is 37.5. The lowest BCUT2D eigenvalue weighted by Gasteiger charge is -2.49. The first-order valence-electron chi connectivity index (χ1n) is 7.49. The summed E-state index contributed by atoms with van der Waals surface area (Å²) in [5, 5.41) is 1.69. The number of nitrogens with zero attached hydrogens (tertiary/aromatic N) is 1. The predicted molar refractivity (Wildman–Crippen MR) is 93.2 cm³/mol. The van der Waals surface area contributed by atoms with E-state index in [0.717, 1.165) is 5.56 Å².